The van der Waals surface area contributed by atoms with Gasteiger partial charge in [-0.3, -0.25) is 4.79 Å². The van der Waals surface area contributed by atoms with E-state index in [0.717, 1.165) is 0 Å². The van der Waals surface area contributed by atoms with Gasteiger partial charge in [0.15, 0.2) is 23.1 Å². The highest BCUT2D eigenvalue weighted by atomic mass is 32.2. The Morgan fingerprint density at radius 1 is 0.920 bits per heavy atom. The molecule has 2 rings (SSSR count). The lowest BCUT2D eigenvalue weighted by Gasteiger charge is -2.10. The number of hydrogen-bond donors (Lipinski definition) is 1. The maximum Gasteiger partial charge on any atom is 0.267 e. The van der Waals surface area contributed by atoms with Gasteiger partial charge >= 0.3 is 0 Å². The molecule has 2 aromatic carbocycles. The molecule has 5 nitrogen and oxygen atoms in total. The van der Waals surface area contributed by atoms with E-state index in [1.165, 1.54) is 4.72 Å². The molecule has 0 fully saturated rings. The molecule has 0 heterocycles. The zero-order valence-electron chi connectivity index (χ0n) is 12.2. The normalized spacial score (nSPS) is 11.3. The number of hydrogen-bond acceptors (Lipinski definition) is 4. The Morgan fingerprint density at radius 3 is 2.16 bits per heavy atom. The molecule has 0 bridgehead atoms. The molecule has 0 aromatic heterocycles. The van der Waals surface area contributed by atoms with E-state index in [0.29, 0.717) is 24.5 Å². The van der Waals surface area contributed by atoms with E-state index < -0.39 is 62.1 Å². The lowest BCUT2D eigenvalue weighted by Crippen LogP contribution is -2.30. The summed E-state index contributed by atoms with van der Waals surface area (Å²) < 4.78 is 95.3. The van der Waals surface area contributed by atoms with Gasteiger partial charge in [-0.15, -0.1) is 0 Å². The van der Waals surface area contributed by atoms with E-state index in [1.54, 1.807) is 0 Å². The Labute approximate surface area is 138 Å². The first-order valence-corrected chi connectivity index (χ1v) is 8.20. The predicted molar refractivity (Wildman–Crippen MR) is 75.1 cm³/mol. The zero-order chi connectivity index (χ0) is 18.9. The van der Waals surface area contributed by atoms with Gasteiger partial charge < -0.3 is 4.74 Å². The second-order valence-electron chi connectivity index (χ2n) is 4.77. The van der Waals surface area contributed by atoms with E-state index in [-0.39, 0.29) is 6.07 Å². The van der Waals surface area contributed by atoms with Crippen LogP contribution in [0.25, 0.3) is 0 Å². The van der Waals surface area contributed by atoms with Crippen LogP contribution in [-0.2, 0) is 10.0 Å². The second-order valence-corrected chi connectivity index (χ2v) is 6.52. The highest BCUT2D eigenvalue weighted by molar-refractivity contribution is 7.89. The first-order valence-electron chi connectivity index (χ1n) is 6.31. The standard InChI is InChI=1S/C14H8F5NO4S/c1-25(22,23)20-14(21)7-4-9(17)11(5-8(7)16)24-12-3-6(15)2-10(18)13(12)19/h2-5H,1H3,(H,20,21). The molecule has 11 heteroatoms. The van der Waals surface area contributed by atoms with Crippen LogP contribution in [0.15, 0.2) is 24.3 Å². The van der Waals surface area contributed by atoms with Crippen LogP contribution in [0.4, 0.5) is 22.0 Å². The van der Waals surface area contributed by atoms with Crippen molar-refractivity contribution in [2.75, 3.05) is 6.26 Å². The van der Waals surface area contributed by atoms with E-state index in [2.05, 4.69) is 4.74 Å². The summed E-state index contributed by atoms with van der Waals surface area (Å²) in [6.07, 6.45) is 0.623. The molecule has 0 aliphatic rings. The minimum Gasteiger partial charge on any atom is -0.451 e. The van der Waals surface area contributed by atoms with Crippen LogP contribution in [-0.4, -0.2) is 20.6 Å². The van der Waals surface area contributed by atoms with Gasteiger partial charge in [-0.2, -0.15) is 4.39 Å². The maximum absolute atomic E-state index is 13.9. The number of halogens is 5. The van der Waals surface area contributed by atoms with Crippen LogP contribution in [0.1, 0.15) is 10.4 Å². The van der Waals surface area contributed by atoms with Crippen molar-refractivity contribution >= 4 is 15.9 Å². The third kappa shape index (κ3) is 4.44. The Bertz CT molecular complexity index is 962. The summed E-state index contributed by atoms with van der Waals surface area (Å²) in [7, 11) is -4.03. The summed E-state index contributed by atoms with van der Waals surface area (Å²) in [5.74, 6) is -10.8. The first kappa shape index (κ1) is 18.6. The molecular weight excluding hydrogens is 373 g/mol. The maximum atomic E-state index is 13.9. The summed E-state index contributed by atoms with van der Waals surface area (Å²) in [5, 5.41) is 0. The summed E-state index contributed by atoms with van der Waals surface area (Å²) in [6.45, 7) is 0. The van der Waals surface area contributed by atoms with Crippen molar-refractivity contribution in [2.24, 2.45) is 0 Å². The number of carbonyl (C=O) groups is 1. The van der Waals surface area contributed by atoms with Crippen LogP contribution in [0, 0.1) is 29.1 Å². The van der Waals surface area contributed by atoms with Crippen molar-refractivity contribution in [3.63, 3.8) is 0 Å². The molecular formula is C14H8F5NO4S. The van der Waals surface area contributed by atoms with Crippen LogP contribution in [0.2, 0.25) is 0 Å². The number of rotatable bonds is 4. The van der Waals surface area contributed by atoms with Gasteiger partial charge in [0, 0.05) is 18.2 Å². The fraction of sp³-hybridized carbons (Fsp3) is 0.0714. The summed E-state index contributed by atoms with van der Waals surface area (Å²) >= 11 is 0. The molecule has 0 aliphatic heterocycles. The average molecular weight is 381 g/mol. The second kappa shape index (κ2) is 6.67. The molecule has 1 amide bonds. The number of amides is 1. The van der Waals surface area contributed by atoms with Crippen LogP contribution < -0.4 is 9.46 Å². The van der Waals surface area contributed by atoms with Gasteiger partial charge in [-0.25, -0.2) is 30.7 Å². The average Bonchev–Trinajstić information content (AvgIpc) is 2.45. The number of nitrogens with one attached hydrogen (secondary N) is 1. The molecule has 134 valence electrons. The highest BCUT2D eigenvalue weighted by Gasteiger charge is 2.21. The van der Waals surface area contributed by atoms with E-state index in [4.69, 9.17) is 0 Å². The van der Waals surface area contributed by atoms with Crippen molar-refractivity contribution in [1.82, 2.24) is 4.72 Å². The molecule has 1 N–H and O–H groups in total. The number of sulfonamides is 1. The Balaban J connectivity index is 2.40. The third-order valence-corrected chi connectivity index (χ3v) is 3.28. The fourth-order valence-electron chi connectivity index (χ4n) is 1.73. The topological polar surface area (TPSA) is 72.5 Å². The van der Waals surface area contributed by atoms with E-state index in [9.17, 15) is 35.2 Å². The number of ether oxygens (including phenoxy) is 1. The smallest absolute Gasteiger partial charge is 0.267 e. The van der Waals surface area contributed by atoms with Gasteiger partial charge in [0.25, 0.3) is 5.91 Å². The van der Waals surface area contributed by atoms with Gasteiger partial charge in [0.1, 0.15) is 11.6 Å². The largest absolute Gasteiger partial charge is 0.451 e. The van der Waals surface area contributed by atoms with Crippen molar-refractivity contribution in [3.05, 3.63) is 58.9 Å². The lowest BCUT2D eigenvalue weighted by molar-refractivity contribution is 0.0977. The number of carbonyl (C=O) groups excluding carboxylic acids is 1. The summed E-state index contributed by atoms with van der Waals surface area (Å²) in [6, 6.07) is 1.21. The number of benzene rings is 2. The quantitative estimate of drug-likeness (QED) is 0.653. The lowest BCUT2D eigenvalue weighted by atomic mass is 10.2. The van der Waals surface area contributed by atoms with Crippen LogP contribution in [0.3, 0.4) is 0 Å². The fourth-order valence-corrected chi connectivity index (χ4v) is 2.18. The molecule has 0 atom stereocenters. The molecule has 0 saturated heterocycles. The first-order chi connectivity index (χ1) is 11.5. The van der Waals surface area contributed by atoms with Crippen molar-refractivity contribution in [2.45, 2.75) is 0 Å². The van der Waals surface area contributed by atoms with Gasteiger partial charge in [-0.05, 0) is 6.07 Å². The summed E-state index contributed by atoms with van der Waals surface area (Å²) in [5.41, 5.74) is -0.971. The minimum atomic E-state index is -4.03. The van der Waals surface area contributed by atoms with Crippen molar-refractivity contribution < 1.29 is 39.9 Å². The van der Waals surface area contributed by atoms with E-state index >= 15 is 0 Å². The minimum absolute atomic E-state index is 0.220. The van der Waals surface area contributed by atoms with Crippen molar-refractivity contribution in [1.29, 1.82) is 0 Å². The SMILES string of the molecule is CS(=O)(=O)NC(=O)c1cc(F)c(Oc2cc(F)cc(F)c2F)cc1F. The van der Waals surface area contributed by atoms with Crippen molar-refractivity contribution in [3.8, 4) is 11.5 Å². The Hall–Kier alpha value is -2.69. The van der Waals surface area contributed by atoms with Crippen LogP contribution in [0.5, 0.6) is 11.5 Å². The van der Waals surface area contributed by atoms with E-state index in [1.807, 2.05) is 0 Å². The third-order valence-electron chi connectivity index (χ3n) is 2.72. The predicted octanol–water partition coefficient (Wildman–Crippen LogP) is 2.86. The molecule has 2 aromatic rings. The van der Waals surface area contributed by atoms with Gasteiger partial charge in [0.05, 0.1) is 11.8 Å². The highest BCUT2D eigenvalue weighted by Crippen LogP contribution is 2.30. The molecule has 0 spiro atoms. The zero-order valence-corrected chi connectivity index (χ0v) is 13.1. The molecule has 0 saturated carbocycles. The summed E-state index contributed by atoms with van der Waals surface area (Å²) in [4.78, 5) is 11.5. The Kier molecular flexibility index (Phi) is 4.97. The molecule has 25 heavy (non-hydrogen) atoms. The molecule has 0 unspecified atom stereocenters. The molecule has 0 radical (unpaired) electrons. The molecule has 0 aliphatic carbocycles. The Morgan fingerprint density at radius 2 is 1.56 bits per heavy atom. The van der Waals surface area contributed by atoms with Crippen LogP contribution >= 0.6 is 0 Å². The van der Waals surface area contributed by atoms with Gasteiger partial charge in [0.2, 0.25) is 15.8 Å². The monoisotopic (exact) mass is 381 g/mol. The van der Waals surface area contributed by atoms with Gasteiger partial charge in [-0.1, -0.05) is 0 Å².